The summed E-state index contributed by atoms with van der Waals surface area (Å²) in [5, 5.41) is 20.9. The molecule has 8 heteroatoms. The number of hydrogen-bond acceptors (Lipinski definition) is 5. The molecular formula is C39H40N6O2. The second-order valence-corrected chi connectivity index (χ2v) is 12.6. The van der Waals surface area contributed by atoms with Crippen molar-refractivity contribution in [1.82, 2.24) is 25.5 Å². The zero-order chi connectivity index (χ0) is 32.1. The molecule has 2 N–H and O–H groups in total. The number of anilines is 1. The maximum Gasteiger partial charge on any atom is 0.319 e. The molecule has 0 unspecified atom stereocenters. The van der Waals surface area contributed by atoms with Crippen molar-refractivity contribution in [2.45, 2.75) is 50.6 Å². The number of nitrogens with zero attached hydrogens (tertiary/aromatic N) is 4. The Balaban J connectivity index is 1.32. The molecule has 0 atom stereocenters. The Labute approximate surface area is 275 Å². The highest BCUT2D eigenvalue weighted by Crippen LogP contribution is 2.40. The molecule has 4 aromatic carbocycles. The minimum absolute atomic E-state index is 0.193. The van der Waals surface area contributed by atoms with Crippen LogP contribution in [0, 0.1) is 5.92 Å². The first kappa shape index (κ1) is 30.6. The van der Waals surface area contributed by atoms with Crippen molar-refractivity contribution < 1.29 is 9.53 Å². The standard InChI is InChI=1S/C39H40N6O2/c1-28-17-19-33(20-18-28)40-38(46)41-34-21-22-35(29-23-25-47-26-24-29)36(27-34)37-42-44-45(43-37)39(30-11-5-2-6-12-30,31-13-7-3-8-14-31)32-15-9-4-10-16-32/h2-16,21-23,27-28,33H,17-20,24-26H2,1H3,(H2,40,41,46). The van der Waals surface area contributed by atoms with Gasteiger partial charge in [-0.15, -0.1) is 15.0 Å². The molecule has 2 aliphatic rings. The summed E-state index contributed by atoms with van der Waals surface area (Å²) in [6, 6.07) is 36.9. The molecule has 0 bridgehead atoms. The summed E-state index contributed by atoms with van der Waals surface area (Å²) in [5.41, 5.74) is 5.79. The topological polar surface area (TPSA) is 94.0 Å². The minimum atomic E-state index is -0.889. The first-order chi connectivity index (χ1) is 23.1. The average molecular weight is 625 g/mol. The van der Waals surface area contributed by atoms with Crippen LogP contribution in [0.1, 0.15) is 61.3 Å². The number of carbonyl (C=O) groups is 1. The summed E-state index contributed by atoms with van der Waals surface area (Å²) in [6.45, 7) is 3.48. The van der Waals surface area contributed by atoms with E-state index in [0.29, 0.717) is 24.7 Å². The molecule has 2 heterocycles. The number of urea groups is 1. The van der Waals surface area contributed by atoms with E-state index < -0.39 is 5.54 Å². The van der Waals surface area contributed by atoms with Gasteiger partial charge in [-0.1, -0.05) is 110 Å². The summed E-state index contributed by atoms with van der Waals surface area (Å²) in [7, 11) is 0. The zero-order valence-corrected chi connectivity index (χ0v) is 26.7. The smallest absolute Gasteiger partial charge is 0.319 e. The predicted molar refractivity (Wildman–Crippen MR) is 185 cm³/mol. The number of rotatable bonds is 8. The lowest BCUT2D eigenvalue weighted by molar-refractivity contribution is 0.161. The van der Waals surface area contributed by atoms with Crippen molar-refractivity contribution >= 4 is 17.3 Å². The predicted octanol–water partition coefficient (Wildman–Crippen LogP) is 7.68. The van der Waals surface area contributed by atoms with Gasteiger partial charge in [-0.05, 0) is 83.2 Å². The van der Waals surface area contributed by atoms with Crippen LogP contribution in [0.3, 0.4) is 0 Å². The van der Waals surface area contributed by atoms with E-state index in [1.165, 1.54) is 0 Å². The lowest BCUT2D eigenvalue weighted by Gasteiger charge is -2.34. The summed E-state index contributed by atoms with van der Waals surface area (Å²) < 4.78 is 5.63. The first-order valence-electron chi connectivity index (χ1n) is 16.6. The highest BCUT2D eigenvalue weighted by molar-refractivity contribution is 5.91. The van der Waals surface area contributed by atoms with Crippen molar-refractivity contribution in [3.05, 3.63) is 138 Å². The summed E-state index contributed by atoms with van der Waals surface area (Å²) in [5.74, 6) is 1.20. The van der Waals surface area contributed by atoms with E-state index in [9.17, 15) is 4.79 Å². The molecule has 0 saturated heterocycles. The molecule has 2 amide bonds. The Bertz CT molecular complexity index is 1730. The lowest BCUT2D eigenvalue weighted by Crippen LogP contribution is -2.39. The maximum absolute atomic E-state index is 13.1. The minimum Gasteiger partial charge on any atom is -0.377 e. The van der Waals surface area contributed by atoms with Gasteiger partial charge in [-0.3, -0.25) is 0 Å². The van der Waals surface area contributed by atoms with E-state index in [2.05, 4.69) is 60.0 Å². The van der Waals surface area contributed by atoms with Crippen LogP contribution in [-0.2, 0) is 10.3 Å². The van der Waals surface area contributed by atoms with Crippen molar-refractivity contribution in [2.75, 3.05) is 18.5 Å². The van der Waals surface area contributed by atoms with E-state index in [0.717, 1.165) is 71.4 Å². The third-order valence-corrected chi connectivity index (χ3v) is 9.47. The third kappa shape index (κ3) is 6.33. The molecule has 47 heavy (non-hydrogen) atoms. The molecule has 238 valence electrons. The normalized spacial score (nSPS) is 18.3. The maximum atomic E-state index is 13.1. The molecule has 1 saturated carbocycles. The van der Waals surface area contributed by atoms with Gasteiger partial charge in [-0.25, -0.2) is 4.79 Å². The first-order valence-corrected chi connectivity index (χ1v) is 16.6. The quantitative estimate of drug-likeness (QED) is 0.173. The van der Waals surface area contributed by atoms with Gasteiger partial charge in [0, 0.05) is 17.3 Å². The van der Waals surface area contributed by atoms with Gasteiger partial charge in [0.1, 0.15) is 0 Å². The summed E-state index contributed by atoms with van der Waals surface area (Å²) >= 11 is 0. The Morgan fingerprint density at radius 3 is 2.00 bits per heavy atom. The number of carbonyl (C=O) groups excluding carboxylic acids is 1. The fourth-order valence-electron chi connectivity index (χ4n) is 6.96. The largest absolute Gasteiger partial charge is 0.377 e. The van der Waals surface area contributed by atoms with E-state index in [-0.39, 0.29) is 12.1 Å². The highest BCUT2D eigenvalue weighted by Gasteiger charge is 2.41. The highest BCUT2D eigenvalue weighted by atomic mass is 16.5. The van der Waals surface area contributed by atoms with Crippen LogP contribution < -0.4 is 10.6 Å². The Morgan fingerprint density at radius 2 is 1.43 bits per heavy atom. The Hall–Kier alpha value is -5.08. The molecular weight excluding hydrogens is 584 g/mol. The molecule has 0 spiro atoms. The van der Waals surface area contributed by atoms with Crippen LogP contribution >= 0.6 is 0 Å². The number of tetrazole rings is 1. The van der Waals surface area contributed by atoms with E-state index in [4.69, 9.17) is 20.1 Å². The Morgan fingerprint density at radius 1 is 0.809 bits per heavy atom. The molecule has 8 nitrogen and oxygen atoms in total. The molecule has 1 aliphatic carbocycles. The summed E-state index contributed by atoms with van der Waals surface area (Å²) in [4.78, 5) is 14.8. The van der Waals surface area contributed by atoms with Gasteiger partial charge in [-0.2, -0.15) is 0 Å². The van der Waals surface area contributed by atoms with Gasteiger partial charge >= 0.3 is 6.03 Å². The van der Waals surface area contributed by atoms with Crippen LogP contribution in [0.4, 0.5) is 10.5 Å². The average Bonchev–Trinajstić information content (AvgIpc) is 3.62. The van der Waals surface area contributed by atoms with Gasteiger partial charge in [0.05, 0.1) is 13.2 Å². The van der Waals surface area contributed by atoms with Crippen LogP contribution in [0.5, 0.6) is 0 Å². The van der Waals surface area contributed by atoms with Crippen LogP contribution in [0.15, 0.2) is 115 Å². The van der Waals surface area contributed by atoms with Gasteiger partial charge < -0.3 is 15.4 Å². The molecule has 1 fully saturated rings. The molecule has 5 aromatic rings. The monoisotopic (exact) mass is 624 g/mol. The third-order valence-electron chi connectivity index (χ3n) is 9.47. The lowest BCUT2D eigenvalue weighted by atomic mass is 9.77. The van der Waals surface area contributed by atoms with Gasteiger partial charge in [0.15, 0.2) is 5.54 Å². The number of benzene rings is 4. The van der Waals surface area contributed by atoms with E-state index in [1.807, 2.05) is 72.8 Å². The van der Waals surface area contributed by atoms with Crippen LogP contribution in [0.25, 0.3) is 17.0 Å². The van der Waals surface area contributed by atoms with Crippen molar-refractivity contribution in [3.63, 3.8) is 0 Å². The number of hydrogen-bond donors (Lipinski definition) is 2. The number of amides is 2. The van der Waals surface area contributed by atoms with Gasteiger partial charge in [0.2, 0.25) is 5.82 Å². The van der Waals surface area contributed by atoms with Crippen LogP contribution in [-0.4, -0.2) is 45.5 Å². The van der Waals surface area contributed by atoms with Crippen molar-refractivity contribution in [3.8, 4) is 11.4 Å². The SMILES string of the molecule is CC1CCC(NC(=O)Nc2ccc(C3=CCOCC3)c(-c3nnn(C(c4ccccc4)(c4ccccc4)c4ccccc4)n3)c2)CC1. The molecule has 1 aliphatic heterocycles. The summed E-state index contributed by atoms with van der Waals surface area (Å²) in [6.07, 6.45) is 7.18. The Kier molecular flexibility index (Phi) is 8.93. The van der Waals surface area contributed by atoms with E-state index >= 15 is 0 Å². The number of ether oxygens (including phenoxy) is 1. The molecule has 1 aromatic heterocycles. The second kappa shape index (κ2) is 13.7. The van der Waals surface area contributed by atoms with Gasteiger partial charge in [0.25, 0.3) is 0 Å². The number of nitrogens with one attached hydrogen (secondary N) is 2. The second-order valence-electron chi connectivity index (χ2n) is 12.6. The molecule has 7 rings (SSSR count). The molecule has 0 radical (unpaired) electrons. The zero-order valence-electron chi connectivity index (χ0n) is 26.7. The van der Waals surface area contributed by atoms with Crippen LogP contribution in [0.2, 0.25) is 0 Å². The number of aromatic nitrogens is 4. The van der Waals surface area contributed by atoms with Crippen molar-refractivity contribution in [2.24, 2.45) is 5.92 Å². The fourth-order valence-corrected chi connectivity index (χ4v) is 6.96. The van der Waals surface area contributed by atoms with Crippen molar-refractivity contribution in [1.29, 1.82) is 0 Å². The fraction of sp³-hybridized carbons (Fsp3) is 0.282. The van der Waals surface area contributed by atoms with E-state index in [1.54, 1.807) is 4.80 Å².